The highest BCUT2D eigenvalue weighted by atomic mass is 32.2. The standard InChI is InChI=1S/C13H16N4O2S/c1-17-9-13(8-15-17)20(18,19)16-6-10-4-12(7-14-5-10)11-2-3-11/h4-5,7-9,11,16H,2-3,6H2,1H3. The Kier molecular flexibility index (Phi) is 3.31. The van der Waals surface area contributed by atoms with E-state index in [-0.39, 0.29) is 11.4 Å². The number of sulfonamides is 1. The zero-order valence-electron chi connectivity index (χ0n) is 11.2. The average Bonchev–Trinajstić information content (AvgIpc) is 3.19. The zero-order valence-corrected chi connectivity index (χ0v) is 12.0. The molecule has 0 amide bonds. The number of nitrogens with one attached hydrogen (secondary N) is 1. The first-order valence-electron chi connectivity index (χ1n) is 6.47. The molecular formula is C13H16N4O2S. The van der Waals surface area contributed by atoms with Crippen molar-refractivity contribution in [1.29, 1.82) is 0 Å². The van der Waals surface area contributed by atoms with Crippen molar-refractivity contribution in [3.63, 3.8) is 0 Å². The molecule has 0 aliphatic heterocycles. The summed E-state index contributed by atoms with van der Waals surface area (Å²) in [6.07, 6.45) is 8.76. The van der Waals surface area contributed by atoms with E-state index in [0.717, 1.165) is 5.56 Å². The van der Waals surface area contributed by atoms with Crippen molar-refractivity contribution < 1.29 is 8.42 Å². The van der Waals surface area contributed by atoms with E-state index in [9.17, 15) is 8.42 Å². The summed E-state index contributed by atoms with van der Waals surface area (Å²) in [5.41, 5.74) is 2.07. The summed E-state index contributed by atoms with van der Waals surface area (Å²) >= 11 is 0. The van der Waals surface area contributed by atoms with Gasteiger partial charge >= 0.3 is 0 Å². The molecule has 6 nitrogen and oxygen atoms in total. The van der Waals surface area contributed by atoms with E-state index in [1.807, 2.05) is 12.3 Å². The Hall–Kier alpha value is -1.73. The predicted molar refractivity (Wildman–Crippen MR) is 73.4 cm³/mol. The molecule has 20 heavy (non-hydrogen) atoms. The number of aryl methyl sites for hydroxylation is 1. The lowest BCUT2D eigenvalue weighted by atomic mass is 10.1. The third kappa shape index (κ3) is 2.88. The molecule has 2 aromatic heterocycles. The van der Waals surface area contributed by atoms with E-state index >= 15 is 0 Å². The fourth-order valence-corrected chi connectivity index (χ4v) is 3.04. The van der Waals surface area contributed by atoms with Crippen LogP contribution >= 0.6 is 0 Å². The summed E-state index contributed by atoms with van der Waals surface area (Å²) in [6.45, 7) is 0.241. The molecule has 0 radical (unpaired) electrons. The monoisotopic (exact) mass is 292 g/mol. The molecule has 0 unspecified atom stereocenters. The molecule has 2 heterocycles. The first-order valence-corrected chi connectivity index (χ1v) is 7.95. The van der Waals surface area contributed by atoms with Crippen LogP contribution in [0.4, 0.5) is 0 Å². The molecule has 2 aromatic rings. The van der Waals surface area contributed by atoms with Gasteiger partial charge in [0, 0.05) is 32.2 Å². The number of pyridine rings is 1. The Morgan fingerprint density at radius 1 is 1.35 bits per heavy atom. The minimum Gasteiger partial charge on any atom is -0.274 e. The minimum atomic E-state index is -3.52. The summed E-state index contributed by atoms with van der Waals surface area (Å²) < 4.78 is 28.2. The normalized spacial score (nSPS) is 15.4. The van der Waals surface area contributed by atoms with Crippen LogP contribution in [0.5, 0.6) is 0 Å². The minimum absolute atomic E-state index is 0.173. The van der Waals surface area contributed by atoms with Crippen LogP contribution in [0.15, 0.2) is 35.7 Å². The summed E-state index contributed by atoms with van der Waals surface area (Å²) in [4.78, 5) is 4.34. The lowest BCUT2D eigenvalue weighted by Crippen LogP contribution is -2.23. The van der Waals surface area contributed by atoms with Gasteiger partial charge in [-0.1, -0.05) is 6.07 Å². The number of hydrogen-bond donors (Lipinski definition) is 1. The van der Waals surface area contributed by atoms with Crippen LogP contribution < -0.4 is 4.72 Å². The molecule has 0 atom stereocenters. The lowest BCUT2D eigenvalue weighted by molar-refractivity contribution is 0.581. The van der Waals surface area contributed by atoms with Crippen molar-refractivity contribution in [2.24, 2.45) is 7.05 Å². The molecular weight excluding hydrogens is 276 g/mol. The highest BCUT2D eigenvalue weighted by Crippen LogP contribution is 2.39. The predicted octanol–water partition coefficient (Wildman–Crippen LogP) is 1.17. The molecule has 1 fully saturated rings. The van der Waals surface area contributed by atoms with Crippen LogP contribution in [0.3, 0.4) is 0 Å². The highest BCUT2D eigenvalue weighted by Gasteiger charge is 2.24. The van der Waals surface area contributed by atoms with E-state index in [0.29, 0.717) is 5.92 Å². The maximum absolute atomic E-state index is 12.1. The fourth-order valence-electron chi connectivity index (χ4n) is 2.04. The van der Waals surface area contributed by atoms with Gasteiger partial charge < -0.3 is 0 Å². The Labute approximate surface area is 117 Å². The van der Waals surface area contributed by atoms with Gasteiger partial charge in [-0.2, -0.15) is 5.10 Å². The van der Waals surface area contributed by atoms with Crippen molar-refractivity contribution in [2.45, 2.75) is 30.2 Å². The van der Waals surface area contributed by atoms with Crippen LogP contribution in [0, 0.1) is 0 Å². The van der Waals surface area contributed by atoms with Crippen LogP contribution in [-0.2, 0) is 23.6 Å². The molecule has 0 bridgehead atoms. The summed E-state index contributed by atoms with van der Waals surface area (Å²) in [7, 11) is -1.83. The van der Waals surface area contributed by atoms with Gasteiger partial charge in [0.25, 0.3) is 0 Å². The van der Waals surface area contributed by atoms with Crippen LogP contribution in [-0.4, -0.2) is 23.2 Å². The number of hydrogen-bond acceptors (Lipinski definition) is 4. The van der Waals surface area contributed by atoms with Gasteiger partial charge in [0.2, 0.25) is 10.0 Å². The van der Waals surface area contributed by atoms with Gasteiger partial charge in [-0.3, -0.25) is 9.67 Å². The Balaban J connectivity index is 1.71. The molecule has 106 valence electrons. The molecule has 0 spiro atoms. The maximum Gasteiger partial charge on any atom is 0.243 e. The van der Waals surface area contributed by atoms with Crippen molar-refractivity contribution >= 4 is 10.0 Å². The third-order valence-corrected chi connectivity index (χ3v) is 4.68. The van der Waals surface area contributed by atoms with Gasteiger partial charge in [0.15, 0.2) is 0 Å². The van der Waals surface area contributed by atoms with Gasteiger partial charge in [0.05, 0.1) is 6.20 Å². The summed E-state index contributed by atoms with van der Waals surface area (Å²) in [5.74, 6) is 0.609. The van der Waals surface area contributed by atoms with E-state index < -0.39 is 10.0 Å². The molecule has 3 rings (SSSR count). The second-order valence-corrected chi connectivity index (χ2v) is 6.84. The van der Waals surface area contributed by atoms with Gasteiger partial charge in [-0.25, -0.2) is 13.1 Å². The number of aromatic nitrogens is 3. The Morgan fingerprint density at radius 2 is 2.15 bits per heavy atom. The van der Waals surface area contributed by atoms with E-state index in [1.54, 1.807) is 13.2 Å². The van der Waals surface area contributed by atoms with E-state index in [2.05, 4.69) is 14.8 Å². The lowest BCUT2D eigenvalue weighted by Gasteiger charge is -2.06. The second kappa shape index (κ2) is 4.99. The van der Waals surface area contributed by atoms with E-state index in [4.69, 9.17) is 0 Å². The largest absolute Gasteiger partial charge is 0.274 e. The highest BCUT2D eigenvalue weighted by molar-refractivity contribution is 7.89. The zero-order chi connectivity index (χ0) is 14.2. The first-order chi connectivity index (χ1) is 9.54. The van der Waals surface area contributed by atoms with Crippen molar-refractivity contribution in [2.75, 3.05) is 0 Å². The average molecular weight is 292 g/mol. The van der Waals surface area contributed by atoms with Crippen molar-refractivity contribution in [1.82, 2.24) is 19.5 Å². The van der Waals surface area contributed by atoms with Gasteiger partial charge in [0.1, 0.15) is 4.90 Å². The first kappa shape index (κ1) is 13.3. The molecule has 1 aliphatic rings. The van der Waals surface area contributed by atoms with E-state index in [1.165, 1.54) is 35.5 Å². The second-order valence-electron chi connectivity index (χ2n) is 5.08. The topological polar surface area (TPSA) is 76.9 Å². The molecule has 7 heteroatoms. The Morgan fingerprint density at radius 3 is 2.80 bits per heavy atom. The van der Waals surface area contributed by atoms with Crippen molar-refractivity contribution in [3.05, 3.63) is 42.0 Å². The SMILES string of the molecule is Cn1cc(S(=O)(=O)NCc2cncc(C3CC3)c2)cn1. The smallest absolute Gasteiger partial charge is 0.243 e. The molecule has 0 aromatic carbocycles. The molecule has 1 aliphatic carbocycles. The molecule has 0 saturated heterocycles. The fraction of sp³-hybridized carbons (Fsp3) is 0.385. The van der Waals surface area contributed by atoms with Gasteiger partial charge in [-0.15, -0.1) is 0 Å². The third-order valence-electron chi connectivity index (χ3n) is 3.32. The van der Waals surface area contributed by atoms with Crippen LogP contribution in [0.25, 0.3) is 0 Å². The summed E-state index contributed by atoms with van der Waals surface area (Å²) in [5, 5.41) is 3.87. The number of rotatable bonds is 5. The van der Waals surface area contributed by atoms with Crippen LogP contribution in [0.1, 0.15) is 29.9 Å². The molecule has 1 N–H and O–H groups in total. The quantitative estimate of drug-likeness (QED) is 0.897. The Bertz CT molecular complexity index is 719. The van der Waals surface area contributed by atoms with Gasteiger partial charge in [-0.05, 0) is 29.9 Å². The van der Waals surface area contributed by atoms with Crippen molar-refractivity contribution in [3.8, 4) is 0 Å². The van der Waals surface area contributed by atoms with Crippen LogP contribution in [0.2, 0.25) is 0 Å². The summed E-state index contributed by atoms with van der Waals surface area (Å²) in [6, 6.07) is 2.02. The maximum atomic E-state index is 12.1. The number of nitrogens with zero attached hydrogens (tertiary/aromatic N) is 3. The molecule has 1 saturated carbocycles.